The first kappa shape index (κ1) is 11.1. The number of benzene rings is 1. The number of carbonyl (C=O) groups excluding carboxylic acids is 1. The van der Waals surface area contributed by atoms with Gasteiger partial charge in [0, 0.05) is 10.5 Å². The maximum atomic E-state index is 11.3. The second-order valence-electron chi connectivity index (χ2n) is 3.32. The number of cyclic esters (lactones) is 1. The number of thioether (sulfide) groups is 1. The normalized spacial score (nSPS) is 15.2. The van der Waals surface area contributed by atoms with Crippen LogP contribution in [0.15, 0.2) is 34.9 Å². The molecule has 16 heavy (non-hydrogen) atoms. The molecule has 0 saturated carbocycles. The summed E-state index contributed by atoms with van der Waals surface area (Å²) < 4.78 is 9.98. The van der Waals surface area contributed by atoms with Crippen molar-refractivity contribution in [2.24, 2.45) is 0 Å². The zero-order valence-corrected chi connectivity index (χ0v) is 9.97. The minimum Gasteiger partial charge on any atom is -0.490 e. The maximum absolute atomic E-state index is 11.3. The smallest absolute Gasteiger partial charge is 0.374 e. The number of hydrogen-bond donors (Lipinski definition) is 0. The first-order valence-electron chi connectivity index (χ1n) is 4.85. The van der Waals surface area contributed by atoms with E-state index in [0.717, 1.165) is 11.1 Å². The van der Waals surface area contributed by atoms with Gasteiger partial charge in [-0.3, -0.25) is 0 Å². The van der Waals surface area contributed by atoms with Gasteiger partial charge in [-0.05, 0) is 24.0 Å². The van der Waals surface area contributed by atoms with Crippen LogP contribution in [0, 0.1) is 0 Å². The van der Waals surface area contributed by atoms with Gasteiger partial charge in [-0.15, -0.1) is 11.8 Å². The molecule has 0 aromatic heterocycles. The van der Waals surface area contributed by atoms with Gasteiger partial charge in [-0.2, -0.15) is 0 Å². The summed E-state index contributed by atoms with van der Waals surface area (Å²) in [6.45, 7) is 0.292. The van der Waals surface area contributed by atoms with E-state index >= 15 is 0 Å². The molecule has 0 fully saturated rings. The van der Waals surface area contributed by atoms with Crippen molar-refractivity contribution < 1.29 is 14.3 Å². The first-order valence-corrected chi connectivity index (χ1v) is 6.07. The van der Waals surface area contributed by atoms with E-state index < -0.39 is 0 Å². The van der Waals surface area contributed by atoms with E-state index in [2.05, 4.69) is 0 Å². The van der Waals surface area contributed by atoms with Crippen molar-refractivity contribution >= 4 is 23.3 Å². The highest BCUT2D eigenvalue weighted by Gasteiger charge is 2.26. The third-order valence-corrected chi connectivity index (χ3v) is 3.19. The molecule has 0 aliphatic carbocycles. The van der Waals surface area contributed by atoms with Gasteiger partial charge in [0.05, 0.1) is 7.11 Å². The fourth-order valence-electron chi connectivity index (χ4n) is 1.61. The monoisotopic (exact) mass is 236 g/mol. The van der Waals surface area contributed by atoms with Gasteiger partial charge < -0.3 is 9.47 Å². The van der Waals surface area contributed by atoms with Crippen LogP contribution in [-0.2, 0) is 14.3 Å². The lowest BCUT2D eigenvalue weighted by molar-refractivity contribution is -0.138. The van der Waals surface area contributed by atoms with E-state index in [1.54, 1.807) is 11.8 Å². The molecular formula is C12H12O3S. The molecule has 0 bridgehead atoms. The van der Waals surface area contributed by atoms with Crippen molar-refractivity contribution in [3.63, 3.8) is 0 Å². The summed E-state index contributed by atoms with van der Waals surface area (Å²) in [5.74, 6) is -0.0663. The molecule has 0 atom stereocenters. The van der Waals surface area contributed by atoms with Crippen LogP contribution >= 0.6 is 11.8 Å². The van der Waals surface area contributed by atoms with Gasteiger partial charge in [-0.1, -0.05) is 12.1 Å². The average Bonchev–Trinajstić information content (AvgIpc) is 2.70. The lowest BCUT2D eigenvalue weighted by Crippen LogP contribution is -2.00. The zero-order valence-electron chi connectivity index (χ0n) is 9.15. The molecule has 1 aromatic rings. The Morgan fingerprint density at radius 2 is 2.00 bits per heavy atom. The van der Waals surface area contributed by atoms with E-state index in [0.29, 0.717) is 12.4 Å². The molecular weight excluding hydrogens is 224 g/mol. The number of ether oxygens (including phenoxy) is 2. The third-order valence-electron chi connectivity index (χ3n) is 2.45. The van der Waals surface area contributed by atoms with Crippen LogP contribution in [-0.4, -0.2) is 25.9 Å². The molecule has 0 unspecified atom stereocenters. The van der Waals surface area contributed by atoms with Gasteiger partial charge >= 0.3 is 5.97 Å². The summed E-state index contributed by atoms with van der Waals surface area (Å²) in [6.07, 6.45) is 2.02. The molecule has 0 amide bonds. The largest absolute Gasteiger partial charge is 0.490 e. The van der Waals surface area contributed by atoms with Gasteiger partial charge in [0.2, 0.25) is 5.76 Å². The Balaban J connectivity index is 2.36. The maximum Gasteiger partial charge on any atom is 0.374 e. The Morgan fingerprint density at radius 1 is 1.31 bits per heavy atom. The second kappa shape index (κ2) is 4.61. The van der Waals surface area contributed by atoms with Crippen molar-refractivity contribution in [3.8, 4) is 0 Å². The standard InChI is InChI=1S/C12H12O3S/c1-14-11-10(7-15-12(11)13)8-3-5-9(16-2)6-4-8/h3-6H,7H2,1-2H3. The van der Waals surface area contributed by atoms with Crippen molar-refractivity contribution in [1.29, 1.82) is 0 Å². The average molecular weight is 236 g/mol. The van der Waals surface area contributed by atoms with E-state index in [-0.39, 0.29) is 5.97 Å². The van der Waals surface area contributed by atoms with E-state index in [1.165, 1.54) is 12.0 Å². The number of hydrogen-bond acceptors (Lipinski definition) is 4. The van der Waals surface area contributed by atoms with Crippen LogP contribution < -0.4 is 0 Å². The summed E-state index contributed by atoms with van der Waals surface area (Å²) in [5.41, 5.74) is 1.79. The van der Waals surface area contributed by atoms with E-state index in [9.17, 15) is 4.79 Å². The fourth-order valence-corrected chi connectivity index (χ4v) is 2.01. The third kappa shape index (κ3) is 1.93. The highest BCUT2D eigenvalue weighted by Crippen LogP contribution is 2.27. The summed E-state index contributed by atoms with van der Waals surface area (Å²) >= 11 is 1.68. The number of methoxy groups -OCH3 is 1. The highest BCUT2D eigenvalue weighted by molar-refractivity contribution is 7.98. The van der Waals surface area contributed by atoms with Crippen molar-refractivity contribution in [2.45, 2.75) is 4.90 Å². The van der Waals surface area contributed by atoms with Crippen molar-refractivity contribution in [1.82, 2.24) is 0 Å². The van der Waals surface area contributed by atoms with Gasteiger partial charge in [-0.25, -0.2) is 4.79 Å². The zero-order chi connectivity index (χ0) is 11.5. The SMILES string of the molecule is COC1=C(c2ccc(SC)cc2)COC1=O. The molecule has 84 valence electrons. The molecule has 2 rings (SSSR count). The quantitative estimate of drug-likeness (QED) is 0.596. The van der Waals surface area contributed by atoms with Gasteiger partial charge in [0.15, 0.2) is 0 Å². The van der Waals surface area contributed by atoms with E-state index in [1.807, 2.05) is 30.5 Å². The first-order chi connectivity index (χ1) is 7.76. The molecule has 0 saturated heterocycles. The molecule has 1 aromatic carbocycles. The molecule has 1 heterocycles. The molecule has 4 heteroatoms. The number of carbonyl (C=O) groups is 1. The Bertz CT molecular complexity index is 434. The van der Waals surface area contributed by atoms with Gasteiger partial charge in [0.1, 0.15) is 6.61 Å². The van der Waals surface area contributed by atoms with Gasteiger partial charge in [0.25, 0.3) is 0 Å². The van der Waals surface area contributed by atoms with Crippen molar-refractivity contribution in [2.75, 3.05) is 20.0 Å². The van der Waals surface area contributed by atoms with Crippen molar-refractivity contribution in [3.05, 3.63) is 35.6 Å². The summed E-state index contributed by atoms with van der Waals surface area (Å²) in [7, 11) is 1.48. The minimum atomic E-state index is -0.383. The summed E-state index contributed by atoms with van der Waals surface area (Å²) in [4.78, 5) is 12.5. The Labute approximate surface area is 98.4 Å². The fraction of sp³-hybridized carbons (Fsp3) is 0.250. The molecule has 3 nitrogen and oxygen atoms in total. The van der Waals surface area contributed by atoms with Crippen LogP contribution in [0.25, 0.3) is 5.57 Å². The highest BCUT2D eigenvalue weighted by atomic mass is 32.2. The Morgan fingerprint density at radius 3 is 2.56 bits per heavy atom. The molecule has 0 radical (unpaired) electrons. The van der Waals surface area contributed by atoms with Crippen LogP contribution in [0.4, 0.5) is 0 Å². The van der Waals surface area contributed by atoms with E-state index in [4.69, 9.17) is 9.47 Å². The molecule has 0 N–H and O–H groups in total. The molecule has 0 spiro atoms. The number of rotatable bonds is 3. The predicted molar refractivity (Wildman–Crippen MR) is 63.1 cm³/mol. The lowest BCUT2D eigenvalue weighted by atomic mass is 10.1. The Hall–Kier alpha value is -1.42. The Kier molecular flexibility index (Phi) is 3.19. The van der Waals surface area contributed by atoms with Crippen LogP contribution in [0.3, 0.4) is 0 Å². The molecule has 1 aliphatic rings. The van der Waals surface area contributed by atoms with Crippen LogP contribution in [0.5, 0.6) is 0 Å². The molecule has 1 aliphatic heterocycles. The van der Waals surface area contributed by atoms with Crippen LogP contribution in [0.2, 0.25) is 0 Å². The van der Waals surface area contributed by atoms with Crippen LogP contribution in [0.1, 0.15) is 5.56 Å². The topological polar surface area (TPSA) is 35.5 Å². The summed E-state index contributed by atoms with van der Waals surface area (Å²) in [5, 5.41) is 0. The minimum absolute atomic E-state index is 0.292. The predicted octanol–water partition coefficient (Wildman–Crippen LogP) is 2.32. The second-order valence-corrected chi connectivity index (χ2v) is 4.20. The lowest BCUT2D eigenvalue weighted by Gasteiger charge is -2.03. The number of esters is 1. The summed E-state index contributed by atoms with van der Waals surface area (Å²) in [6, 6.07) is 7.98.